The van der Waals surface area contributed by atoms with E-state index in [1.165, 1.54) is 17.6 Å². The van der Waals surface area contributed by atoms with E-state index in [-0.39, 0.29) is 18.1 Å². The number of ether oxygens (including phenoxy) is 3. The Morgan fingerprint density at radius 2 is 1.91 bits per heavy atom. The van der Waals surface area contributed by atoms with Gasteiger partial charge in [0.25, 0.3) is 5.91 Å². The number of rotatable bonds is 7. The van der Waals surface area contributed by atoms with E-state index >= 15 is 0 Å². The molecule has 2 heterocycles. The molecule has 3 aromatic rings. The first-order chi connectivity index (χ1) is 15.5. The van der Waals surface area contributed by atoms with E-state index in [0.29, 0.717) is 36.2 Å². The smallest absolute Gasteiger partial charge is 0.338 e. The van der Waals surface area contributed by atoms with Gasteiger partial charge in [0.15, 0.2) is 18.1 Å². The second-order valence-electron chi connectivity index (χ2n) is 7.29. The first-order valence-electron chi connectivity index (χ1n) is 10.1. The topological polar surface area (TPSA) is 65.1 Å². The summed E-state index contributed by atoms with van der Waals surface area (Å²) < 4.78 is 16.4. The number of hydrogen-bond acceptors (Lipinski definition) is 6. The van der Waals surface area contributed by atoms with Crippen molar-refractivity contribution >= 4 is 34.8 Å². The summed E-state index contributed by atoms with van der Waals surface area (Å²) in [7, 11) is 1.50. The summed E-state index contributed by atoms with van der Waals surface area (Å²) in [6, 6.07) is 14.2. The van der Waals surface area contributed by atoms with Crippen molar-refractivity contribution in [3.8, 4) is 11.5 Å². The molecule has 166 valence electrons. The molecule has 0 unspecified atom stereocenters. The van der Waals surface area contributed by atoms with Gasteiger partial charge in [0.05, 0.1) is 12.7 Å². The van der Waals surface area contributed by atoms with Gasteiger partial charge >= 0.3 is 5.97 Å². The van der Waals surface area contributed by atoms with Crippen LogP contribution in [0.1, 0.15) is 26.4 Å². The number of hydrogen-bond donors (Lipinski definition) is 0. The standard InChI is InChI=1S/C24H22ClNO5S/c1-29-21-12-17(4-7-20(21)30-14-16-2-5-19(25)6-3-16)24(28)31-15-23(27)26-10-8-22-18(13-26)9-11-32-22/h2-7,9,11-12H,8,10,13-15H2,1H3. The number of methoxy groups -OCH3 is 1. The molecule has 0 N–H and O–H groups in total. The minimum atomic E-state index is -0.589. The highest BCUT2D eigenvalue weighted by Crippen LogP contribution is 2.29. The lowest BCUT2D eigenvalue weighted by atomic mass is 10.1. The molecule has 1 aliphatic rings. The molecule has 0 saturated heterocycles. The zero-order valence-electron chi connectivity index (χ0n) is 17.5. The minimum Gasteiger partial charge on any atom is -0.493 e. The first-order valence-corrected chi connectivity index (χ1v) is 11.3. The summed E-state index contributed by atoms with van der Waals surface area (Å²) in [4.78, 5) is 28.0. The molecule has 1 aromatic heterocycles. The molecule has 1 aliphatic heterocycles. The third kappa shape index (κ3) is 5.23. The van der Waals surface area contributed by atoms with Crippen LogP contribution in [-0.4, -0.2) is 37.0 Å². The molecule has 4 rings (SSSR count). The zero-order chi connectivity index (χ0) is 22.5. The van der Waals surface area contributed by atoms with Gasteiger partial charge in [-0.15, -0.1) is 11.3 Å². The first kappa shape index (κ1) is 22.2. The van der Waals surface area contributed by atoms with E-state index in [1.807, 2.05) is 23.6 Å². The predicted octanol–water partition coefficient (Wildman–Crippen LogP) is 4.73. The molecule has 0 fully saturated rings. The van der Waals surface area contributed by atoms with Crippen molar-refractivity contribution in [1.29, 1.82) is 0 Å². The average molecular weight is 472 g/mol. The van der Waals surface area contributed by atoms with Crippen molar-refractivity contribution in [2.75, 3.05) is 20.3 Å². The van der Waals surface area contributed by atoms with E-state index < -0.39 is 5.97 Å². The fourth-order valence-electron chi connectivity index (χ4n) is 3.42. The fourth-order valence-corrected chi connectivity index (χ4v) is 4.43. The maximum Gasteiger partial charge on any atom is 0.338 e. The lowest BCUT2D eigenvalue weighted by Crippen LogP contribution is -2.38. The Bertz CT molecular complexity index is 1110. The third-order valence-electron chi connectivity index (χ3n) is 5.19. The molecule has 0 saturated carbocycles. The molecule has 0 radical (unpaired) electrons. The average Bonchev–Trinajstić information content (AvgIpc) is 3.30. The van der Waals surface area contributed by atoms with Crippen LogP contribution in [0.2, 0.25) is 5.02 Å². The number of carbonyl (C=O) groups excluding carboxylic acids is 2. The summed E-state index contributed by atoms with van der Waals surface area (Å²) in [5.74, 6) is 0.106. The SMILES string of the molecule is COc1cc(C(=O)OCC(=O)N2CCc3sccc3C2)ccc1OCc1ccc(Cl)cc1. The third-order valence-corrected chi connectivity index (χ3v) is 6.47. The van der Waals surface area contributed by atoms with E-state index in [4.69, 9.17) is 25.8 Å². The highest BCUT2D eigenvalue weighted by atomic mass is 35.5. The van der Waals surface area contributed by atoms with E-state index in [1.54, 1.807) is 46.6 Å². The van der Waals surface area contributed by atoms with Crippen molar-refractivity contribution in [3.05, 3.63) is 80.5 Å². The molecule has 0 atom stereocenters. The number of amides is 1. The summed E-state index contributed by atoms with van der Waals surface area (Å²) in [5.41, 5.74) is 2.40. The Hall–Kier alpha value is -3.03. The van der Waals surface area contributed by atoms with Crippen molar-refractivity contribution in [1.82, 2.24) is 4.90 Å². The Labute approximate surface area is 195 Å². The van der Waals surface area contributed by atoms with Crippen molar-refractivity contribution in [2.45, 2.75) is 19.6 Å². The zero-order valence-corrected chi connectivity index (χ0v) is 19.1. The number of halogens is 1. The van der Waals surface area contributed by atoms with Crippen molar-refractivity contribution in [3.63, 3.8) is 0 Å². The van der Waals surface area contributed by atoms with Gasteiger partial charge in [-0.05, 0) is 59.3 Å². The van der Waals surface area contributed by atoms with Crippen LogP contribution in [0, 0.1) is 0 Å². The molecule has 2 aromatic carbocycles. The van der Waals surface area contributed by atoms with Gasteiger partial charge in [0.1, 0.15) is 6.61 Å². The number of benzene rings is 2. The molecule has 1 amide bonds. The highest BCUT2D eigenvalue weighted by molar-refractivity contribution is 7.10. The van der Waals surface area contributed by atoms with Crippen LogP contribution in [0.25, 0.3) is 0 Å². The van der Waals surface area contributed by atoms with Crippen molar-refractivity contribution < 1.29 is 23.8 Å². The monoisotopic (exact) mass is 471 g/mol. The van der Waals surface area contributed by atoms with Crippen LogP contribution in [0.15, 0.2) is 53.9 Å². The second kappa shape index (κ2) is 10.1. The number of carbonyl (C=O) groups is 2. The maximum absolute atomic E-state index is 12.5. The second-order valence-corrected chi connectivity index (χ2v) is 8.73. The summed E-state index contributed by atoms with van der Waals surface area (Å²) in [6.07, 6.45) is 0.835. The number of thiophene rings is 1. The van der Waals surface area contributed by atoms with Crippen LogP contribution in [0.4, 0.5) is 0 Å². The number of esters is 1. The largest absolute Gasteiger partial charge is 0.493 e. The summed E-state index contributed by atoms with van der Waals surface area (Å²) >= 11 is 7.61. The van der Waals surface area contributed by atoms with Crippen molar-refractivity contribution in [2.24, 2.45) is 0 Å². The molecule has 32 heavy (non-hydrogen) atoms. The van der Waals surface area contributed by atoms with Gasteiger partial charge < -0.3 is 19.1 Å². The van der Waals surface area contributed by atoms with Gasteiger partial charge in [0, 0.05) is 23.0 Å². The van der Waals surface area contributed by atoms with Gasteiger partial charge in [-0.3, -0.25) is 4.79 Å². The Balaban J connectivity index is 1.33. The molecule has 0 spiro atoms. The quantitative estimate of drug-likeness (QED) is 0.466. The van der Waals surface area contributed by atoms with Gasteiger partial charge in [-0.25, -0.2) is 4.79 Å². The lowest BCUT2D eigenvalue weighted by Gasteiger charge is -2.26. The van der Waals surface area contributed by atoms with Crippen LogP contribution >= 0.6 is 22.9 Å². The van der Waals surface area contributed by atoms with Gasteiger partial charge in [-0.2, -0.15) is 0 Å². The summed E-state index contributed by atoms with van der Waals surface area (Å²) in [5, 5.41) is 2.69. The molecule has 0 aliphatic carbocycles. The number of fused-ring (bicyclic) bond motifs is 1. The van der Waals surface area contributed by atoms with E-state index in [9.17, 15) is 9.59 Å². The Morgan fingerprint density at radius 3 is 2.69 bits per heavy atom. The van der Waals surface area contributed by atoms with Gasteiger partial charge in [0.2, 0.25) is 0 Å². The fraction of sp³-hybridized carbons (Fsp3) is 0.250. The molecular weight excluding hydrogens is 450 g/mol. The van der Waals surface area contributed by atoms with Crippen LogP contribution < -0.4 is 9.47 Å². The van der Waals surface area contributed by atoms with E-state index in [2.05, 4.69) is 0 Å². The van der Waals surface area contributed by atoms with Crippen LogP contribution in [0.3, 0.4) is 0 Å². The Morgan fingerprint density at radius 1 is 1.09 bits per heavy atom. The van der Waals surface area contributed by atoms with Gasteiger partial charge in [-0.1, -0.05) is 23.7 Å². The lowest BCUT2D eigenvalue weighted by molar-refractivity contribution is -0.135. The van der Waals surface area contributed by atoms with Crippen LogP contribution in [0.5, 0.6) is 11.5 Å². The molecule has 0 bridgehead atoms. The van der Waals surface area contributed by atoms with Crippen LogP contribution in [-0.2, 0) is 29.1 Å². The predicted molar refractivity (Wildman–Crippen MR) is 123 cm³/mol. The Kier molecular flexibility index (Phi) is 6.97. The number of nitrogens with zero attached hydrogens (tertiary/aromatic N) is 1. The molecule has 6 nitrogen and oxygen atoms in total. The normalized spacial score (nSPS) is 12.8. The highest BCUT2D eigenvalue weighted by Gasteiger charge is 2.23. The minimum absolute atomic E-state index is 0.204. The van der Waals surface area contributed by atoms with E-state index in [0.717, 1.165) is 12.0 Å². The molecule has 8 heteroatoms. The maximum atomic E-state index is 12.5. The summed E-state index contributed by atoms with van der Waals surface area (Å²) in [6.45, 7) is 1.23. The molecular formula is C24H22ClNO5S.